The fraction of sp³-hybridized carbons (Fsp3) is 0.400. The summed E-state index contributed by atoms with van der Waals surface area (Å²) >= 11 is 0. The highest BCUT2D eigenvalue weighted by Gasteiger charge is 2.28. The van der Waals surface area contributed by atoms with Crippen molar-refractivity contribution in [3.63, 3.8) is 0 Å². The van der Waals surface area contributed by atoms with Gasteiger partial charge in [0.15, 0.2) is 11.5 Å². The number of fused-ring (bicyclic) bond motifs is 1. The predicted octanol–water partition coefficient (Wildman–Crippen LogP) is 1.91. The molecule has 4 rings (SSSR count). The summed E-state index contributed by atoms with van der Waals surface area (Å²) in [6.45, 7) is 2.68. The van der Waals surface area contributed by atoms with Crippen LogP contribution in [-0.4, -0.2) is 60.1 Å². The Kier molecular flexibility index (Phi) is 6.09. The third-order valence-electron chi connectivity index (χ3n) is 5.15. The number of nitrogens with one attached hydrogen (secondary N) is 1. The van der Waals surface area contributed by atoms with Crippen LogP contribution >= 0.6 is 0 Å². The highest BCUT2D eigenvalue weighted by atomic mass is 32.2. The first-order valence-electron chi connectivity index (χ1n) is 9.52. The Labute approximate surface area is 174 Å². The second kappa shape index (κ2) is 8.76. The summed E-state index contributed by atoms with van der Waals surface area (Å²) in [6, 6.07) is 8.70. The van der Waals surface area contributed by atoms with Gasteiger partial charge in [-0.25, -0.2) is 17.5 Å². The van der Waals surface area contributed by atoms with Gasteiger partial charge in [-0.3, -0.25) is 4.90 Å². The monoisotopic (exact) mass is 438 g/mol. The molecule has 1 N–H and O–H groups in total. The van der Waals surface area contributed by atoms with Crippen LogP contribution in [0.15, 0.2) is 41.3 Å². The van der Waals surface area contributed by atoms with Gasteiger partial charge in [0.25, 0.3) is 0 Å². The first kappa shape index (κ1) is 20.9. The SMILES string of the molecule is COc1ccc(F)cc1S(=O)(=O)NCC(c1ccc2c(c1)OCO2)N1CCOCC1. The topological polar surface area (TPSA) is 86.3 Å². The lowest BCUT2D eigenvalue weighted by atomic mass is 10.0. The van der Waals surface area contributed by atoms with E-state index in [0.29, 0.717) is 37.8 Å². The Morgan fingerprint density at radius 3 is 2.67 bits per heavy atom. The Bertz CT molecular complexity index is 1010. The second-order valence-corrected chi connectivity index (χ2v) is 8.66. The molecule has 10 heteroatoms. The fourth-order valence-electron chi connectivity index (χ4n) is 3.59. The molecule has 30 heavy (non-hydrogen) atoms. The van der Waals surface area contributed by atoms with E-state index in [-0.39, 0.29) is 30.0 Å². The first-order chi connectivity index (χ1) is 14.5. The van der Waals surface area contributed by atoms with Crippen LogP contribution in [0.1, 0.15) is 11.6 Å². The van der Waals surface area contributed by atoms with Crippen LogP contribution in [0.2, 0.25) is 0 Å². The molecular formula is C20H23FN2O6S. The van der Waals surface area contributed by atoms with E-state index in [2.05, 4.69) is 9.62 Å². The molecule has 8 nitrogen and oxygen atoms in total. The number of rotatable bonds is 7. The third-order valence-corrected chi connectivity index (χ3v) is 6.59. The number of ether oxygens (including phenoxy) is 4. The normalized spacial score (nSPS) is 17.7. The van der Waals surface area contributed by atoms with E-state index in [9.17, 15) is 12.8 Å². The molecule has 0 bridgehead atoms. The lowest BCUT2D eigenvalue weighted by Crippen LogP contribution is -2.43. The molecular weight excluding hydrogens is 415 g/mol. The van der Waals surface area contributed by atoms with Gasteiger partial charge in [0.2, 0.25) is 16.8 Å². The molecule has 0 amide bonds. The number of hydrogen-bond acceptors (Lipinski definition) is 7. The lowest BCUT2D eigenvalue weighted by Gasteiger charge is -2.35. The van der Waals surface area contributed by atoms with Gasteiger partial charge in [-0.2, -0.15) is 0 Å². The molecule has 2 aromatic rings. The maximum atomic E-state index is 13.7. The molecule has 2 aliphatic rings. The number of sulfonamides is 1. The Morgan fingerprint density at radius 2 is 1.90 bits per heavy atom. The minimum atomic E-state index is -4.01. The van der Waals surface area contributed by atoms with Crippen molar-refractivity contribution < 1.29 is 31.8 Å². The summed E-state index contributed by atoms with van der Waals surface area (Å²) in [7, 11) is -2.66. The summed E-state index contributed by atoms with van der Waals surface area (Å²) in [5, 5.41) is 0. The minimum absolute atomic E-state index is 0.0786. The van der Waals surface area contributed by atoms with Gasteiger partial charge in [-0.1, -0.05) is 6.07 Å². The van der Waals surface area contributed by atoms with E-state index in [0.717, 1.165) is 17.7 Å². The van der Waals surface area contributed by atoms with E-state index in [1.807, 2.05) is 18.2 Å². The molecule has 0 spiro atoms. The quantitative estimate of drug-likeness (QED) is 0.707. The van der Waals surface area contributed by atoms with E-state index in [1.54, 1.807) is 0 Å². The van der Waals surface area contributed by atoms with E-state index < -0.39 is 15.8 Å². The molecule has 2 aromatic carbocycles. The van der Waals surface area contributed by atoms with Crippen LogP contribution in [0.3, 0.4) is 0 Å². The van der Waals surface area contributed by atoms with Crippen molar-refractivity contribution in [1.29, 1.82) is 0 Å². The average molecular weight is 438 g/mol. The Morgan fingerprint density at radius 1 is 1.13 bits per heavy atom. The van der Waals surface area contributed by atoms with Crippen molar-refractivity contribution in [3.05, 3.63) is 47.8 Å². The van der Waals surface area contributed by atoms with Crippen LogP contribution < -0.4 is 18.9 Å². The molecule has 0 saturated carbocycles. The number of nitrogens with zero attached hydrogens (tertiary/aromatic N) is 1. The molecule has 1 fully saturated rings. The lowest BCUT2D eigenvalue weighted by molar-refractivity contribution is 0.0171. The van der Waals surface area contributed by atoms with Crippen LogP contribution in [0.4, 0.5) is 4.39 Å². The number of halogens is 1. The van der Waals surface area contributed by atoms with Crippen LogP contribution in [0, 0.1) is 5.82 Å². The molecule has 1 atom stereocenters. The zero-order valence-electron chi connectivity index (χ0n) is 16.5. The van der Waals surface area contributed by atoms with E-state index in [4.69, 9.17) is 18.9 Å². The van der Waals surface area contributed by atoms with Crippen molar-refractivity contribution in [2.24, 2.45) is 0 Å². The standard InChI is InChI=1S/C20H23FN2O6S/c1-26-18-5-3-15(21)11-20(18)30(24,25)22-12-16(23-6-8-27-9-7-23)14-2-4-17-19(10-14)29-13-28-17/h2-5,10-11,16,22H,6-9,12-13H2,1H3. The summed E-state index contributed by atoms with van der Waals surface area (Å²) in [5.74, 6) is 0.705. The highest BCUT2D eigenvalue weighted by Crippen LogP contribution is 2.36. The molecule has 1 unspecified atom stereocenters. The zero-order chi connectivity index (χ0) is 21.1. The fourth-order valence-corrected chi connectivity index (χ4v) is 4.81. The van der Waals surface area contributed by atoms with Gasteiger partial charge in [0.05, 0.1) is 20.3 Å². The van der Waals surface area contributed by atoms with E-state index in [1.165, 1.54) is 13.2 Å². The second-order valence-electron chi connectivity index (χ2n) is 6.92. The number of methoxy groups -OCH3 is 1. The van der Waals surface area contributed by atoms with Gasteiger partial charge in [-0.15, -0.1) is 0 Å². The van der Waals surface area contributed by atoms with Crippen molar-refractivity contribution >= 4 is 10.0 Å². The van der Waals surface area contributed by atoms with Crippen molar-refractivity contribution in [2.75, 3.05) is 46.8 Å². The van der Waals surface area contributed by atoms with Gasteiger partial charge in [0.1, 0.15) is 16.5 Å². The largest absolute Gasteiger partial charge is 0.495 e. The zero-order valence-corrected chi connectivity index (χ0v) is 17.3. The summed E-state index contributed by atoms with van der Waals surface area (Å²) in [5.41, 5.74) is 0.884. The summed E-state index contributed by atoms with van der Waals surface area (Å²) in [6.07, 6.45) is 0. The average Bonchev–Trinajstić information content (AvgIpc) is 3.22. The van der Waals surface area contributed by atoms with Gasteiger partial charge < -0.3 is 18.9 Å². The third kappa shape index (κ3) is 4.36. The molecule has 162 valence electrons. The highest BCUT2D eigenvalue weighted by molar-refractivity contribution is 7.89. The van der Waals surface area contributed by atoms with Gasteiger partial charge in [-0.05, 0) is 35.9 Å². The molecule has 0 aromatic heterocycles. The first-order valence-corrected chi connectivity index (χ1v) is 11.0. The van der Waals surface area contributed by atoms with Crippen molar-refractivity contribution in [1.82, 2.24) is 9.62 Å². The van der Waals surface area contributed by atoms with Crippen LogP contribution in [0.25, 0.3) is 0 Å². The van der Waals surface area contributed by atoms with Crippen LogP contribution in [-0.2, 0) is 14.8 Å². The predicted molar refractivity (Wildman–Crippen MR) is 106 cm³/mol. The molecule has 1 saturated heterocycles. The molecule has 0 radical (unpaired) electrons. The molecule has 0 aliphatic carbocycles. The van der Waals surface area contributed by atoms with Crippen molar-refractivity contribution in [3.8, 4) is 17.2 Å². The smallest absolute Gasteiger partial charge is 0.244 e. The van der Waals surface area contributed by atoms with Crippen molar-refractivity contribution in [2.45, 2.75) is 10.9 Å². The summed E-state index contributed by atoms with van der Waals surface area (Å²) in [4.78, 5) is 1.91. The minimum Gasteiger partial charge on any atom is -0.495 e. The number of morpholine rings is 1. The van der Waals surface area contributed by atoms with Gasteiger partial charge >= 0.3 is 0 Å². The molecule has 2 aliphatic heterocycles. The Hall–Kier alpha value is -2.40. The van der Waals surface area contributed by atoms with E-state index >= 15 is 0 Å². The van der Waals surface area contributed by atoms with Gasteiger partial charge in [0, 0.05) is 25.7 Å². The maximum Gasteiger partial charge on any atom is 0.244 e. The number of benzene rings is 2. The molecule has 2 heterocycles. The maximum absolute atomic E-state index is 13.7. The summed E-state index contributed by atoms with van der Waals surface area (Å²) < 4.78 is 63.5. The van der Waals surface area contributed by atoms with Crippen LogP contribution in [0.5, 0.6) is 17.2 Å². The number of hydrogen-bond donors (Lipinski definition) is 1. The Balaban J connectivity index is 1.60.